The van der Waals surface area contributed by atoms with Crippen molar-refractivity contribution in [3.8, 4) is 5.75 Å². The zero-order valence-electron chi connectivity index (χ0n) is 11.4. The second kappa shape index (κ2) is 7.05. The zero-order chi connectivity index (χ0) is 14.4. The first-order valence-electron chi connectivity index (χ1n) is 6.50. The maximum atomic E-state index is 12.4. The Labute approximate surface area is 121 Å². The Morgan fingerprint density at radius 1 is 1.35 bits per heavy atom. The van der Waals surface area contributed by atoms with Crippen molar-refractivity contribution in [2.75, 3.05) is 18.1 Å². The van der Waals surface area contributed by atoms with Crippen LogP contribution in [0.3, 0.4) is 0 Å². The summed E-state index contributed by atoms with van der Waals surface area (Å²) in [6.07, 6.45) is 4.22. The minimum Gasteiger partial charge on any atom is -0.494 e. The third-order valence-electron chi connectivity index (χ3n) is 2.84. The number of pyridine rings is 1. The van der Waals surface area contributed by atoms with Gasteiger partial charge < -0.3 is 10.5 Å². The Bertz CT molecular complexity index is 588. The zero-order valence-corrected chi connectivity index (χ0v) is 12.2. The number of anilines is 1. The van der Waals surface area contributed by atoms with E-state index in [-0.39, 0.29) is 0 Å². The molecule has 1 unspecified atom stereocenters. The van der Waals surface area contributed by atoms with Crippen LogP contribution in [0.4, 0.5) is 5.69 Å². The molecule has 2 aromatic rings. The van der Waals surface area contributed by atoms with Gasteiger partial charge in [0.05, 0.1) is 22.3 Å². The van der Waals surface area contributed by atoms with E-state index in [0.29, 0.717) is 35.1 Å². The summed E-state index contributed by atoms with van der Waals surface area (Å²) in [4.78, 5) is 4.69. The molecule has 0 fully saturated rings. The largest absolute Gasteiger partial charge is 0.494 e. The van der Waals surface area contributed by atoms with E-state index in [1.54, 1.807) is 30.6 Å². The van der Waals surface area contributed by atoms with Crippen LogP contribution in [0.5, 0.6) is 5.75 Å². The summed E-state index contributed by atoms with van der Waals surface area (Å²) in [5.74, 6) is 1.22. The van der Waals surface area contributed by atoms with Crippen LogP contribution in [0, 0.1) is 0 Å². The Morgan fingerprint density at radius 2 is 2.20 bits per heavy atom. The molecule has 1 aromatic carbocycles. The van der Waals surface area contributed by atoms with Crippen molar-refractivity contribution in [3.63, 3.8) is 0 Å². The molecular formula is C15H18N2O2S. The molecule has 0 saturated carbocycles. The number of benzene rings is 1. The molecule has 1 heterocycles. The topological polar surface area (TPSA) is 65.2 Å². The molecule has 0 bridgehead atoms. The Balaban J connectivity index is 2.06. The third kappa shape index (κ3) is 3.81. The molecule has 2 N–H and O–H groups in total. The average Bonchev–Trinajstić information content (AvgIpc) is 2.48. The first-order chi connectivity index (χ1) is 9.70. The van der Waals surface area contributed by atoms with Crippen molar-refractivity contribution < 1.29 is 8.95 Å². The summed E-state index contributed by atoms with van der Waals surface area (Å²) in [6.45, 7) is 2.49. The number of hydrogen-bond donors (Lipinski definition) is 1. The molecule has 106 valence electrons. The lowest BCUT2D eigenvalue weighted by molar-refractivity contribution is 0.339. The van der Waals surface area contributed by atoms with Gasteiger partial charge in [-0.25, -0.2) is 0 Å². The fraction of sp³-hybridized carbons (Fsp3) is 0.267. The number of nitrogen functional groups attached to an aromatic ring is 1. The van der Waals surface area contributed by atoms with Gasteiger partial charge in [0.25, 0.3) is 0 Å². The van der Waals surface area contributed by atoms with E-state index in [0.717, 1.165) is 5.56 Å². The second-order valence-electron chi connectivity index (χ2n) is 4.29. The summed E-state index contributed by atoms with van der Waals surface area (Å²) < 4.78 is 17.8. The van der Waals surface area contributed by atoms with Crippen molar-refractivity contribution in [1.82, 2.24) is 4.98 Å². The third-order valence-corrected chi connectivity index (χ3v) is 4.26. The van der Waals surface area contributed by atoms with Crippen LogP contribution < -0.4 is 10.5 Å². The molecule has 0 amide bonds. The quantitative estimate of drug-likeness (QED) is 0.830. The Kier molecular flexibility index (Phi) is 5.12. The SMILES string of the molecule is CCOc1ccc(N)c(S(=O)CCc2cccnc2)c1. The van der Waals surface area contributed by atoms with E-state index in [1.807, 2.05) is 19.1 Å². The van der Waals surface area contributed by atoms with Gasteiger partial charge in [0.1, 0.15) is 5.75 Å². The molecule has 0 aliphatic rings. The first kappa shape index (κ1) is 14.5. The first-order valence-corrected chi connectivity index (χ1v) is 7.82. The van der Waals surface area contributed by atoms with E-state index in [2.05, 4.69) is 4.98 Å². The van der Waals surface area contributed by atoms with E-state index >= 15 is 0 Å². The monoisotopic (exact) mass is 290 g/mol. The molecule has 0 aliphatic carbocycles. The minimum absolute atomic E-state index is 0.519. The van der Waals surface area contributed by atoms with Gasteiger partial charge in [-0.05, 0) is 43.2 Å². The summed E-state index contributed by atoms with van der Waals surface area (Å²) in [6, 6.07) is 9.15. The van der Waals surface area contributed by atoms with Crippen molar-refractivity contribution >= 4 is 16.5 Å². The lowest BCUT2D eigenvalue weighted by atomic mass is 10.2. The van der Waals surface area contributed by atoms with Gasteiger partial charge in [0.2, 0.25) is 0 Å². The fourth-order valence-corrected chi connectivity index (χ4v) is 3.05. The molecule has 0 aliphatic heterocycles. The number of aromatic nitrogens is 1. The van der Waals surface area contributed by atoms with E-state index in [1.165, 1.54) is 0 Å². The summed E-state index contributed by atoms with van der Waals surface area (Å²) in [5, 5.41) is 0. The maximum Gasteiger partial charge on any atom is 0.120 e. The van der Waals surface area contributed by atoms with Crippen LogP contribution in [-0.2, 0) is 17.2 Å². The smallest absolute Gasteiger partial charge is 0.120 e. The van der Waals surface area contributed by atoms with Crippen molar-refractivity contribution in [1.29, 1.82) is 0 Å². The van der Waals surface area contributed by atoms with Gasteiger partial charge in [-0.3, -0.25) is 9.19 Å². The molecule has 4 nitrogen and oxygen atoms in total. The molecule has 1 atom stereocenters. The Hall–Kier alpha value is -1.88. The van der Waals surface area contributed by atoms with E-state index in [9.17, 15) is 4.21 Å². The van der Waals surface area contributed by atoms with Crippen molar-refractivity contribution in [2.45, 2.75) is 18.2 Å². The van der Waals surface area contributed by atoms with Crippen LogP contribution in [0.15, 0.2) is 47.6 Å². The molecule has 2 rings (SSSR count). The molecule has 0 spiro atoms. The number of nitrogens with zero attached hydrogens (tertiary/aromatic N) is 1. The molecule has 0 radical (unpaired) electrons. The lowest BCUT2D eigenvalue weighted by Crippen LogP contribution is -2.05. The highest BCUT2D eigenvalue weighted by molar-refractivity contribution is 7.85. The van der Waals surface area contributed by atoms with Crippen LogP contribution in [0.1, 0.15) is 12.5 Å². The fourth-order valence-electron chi connectivity index (χ4n) is 1.83. The summed E-state index contributed by atoms with van der Waals surface area (Å²) >= 11 is 0. The maximum absolute atomic E-state index is 12.4. The normalized spacial score (nSPS) is 12.1. The molecule has 1 aromatic heterocycles. The number of aryl methyl sites for hydroxylation is 1. The van der Waals surface area contributed by atoms with Gasteiger partial charge in [-0.15, -0.1) is 0 Å². The highest BCUT2D eigenvalue weighted by Crippen LogP contribution is 2.23. The number of rotatable bonds is 6. The van der Waals surface area contributed by atoms with Gasteiger partial charge in [-0.1, -0.05) is 6.07 Å². The summed E-state index contributed by atoms with van der Waals surface area (Å²) in [7, 11) is -1.14. The van der Waals surface area contributed by atoms with Crippen LogP contribution in [-0.4, -0.2) is 21.6 Å². The van der Waals surface area contributed by atoms with Crippen LogP contribution in [0.25, 0.3) is 0 Å². The standard InChI is InChI=1S/C15H18N2O2S/c1-2-19-13-5-6-14(16)15(10-13)20(18)9-7-12-4-3-8-17-11-12/h3-6,8,10-11H,2,7,9,16H2,1H3. The molecule has 5 heteroatoms. The number of hydrogen-bond acceptors (Lipinski definition) is 4. The van der Waals surface area contributed by atoms with Crippen molar-refractivity contribution in [3.05, 3.63) is 48.3 Å². The van der Waals surface area contributed by atoms with Gasteiger partial charge in [0.15, 0.2) is 0 Å². The van der Waals surface area contributed by atoms with Crippen molar-refractivity contribution in [2.24, 2.45) is 0 Å². The summed E-state index contributed by atoms with van der Waals surface area (Å²) in [5.41, 5.74) is 7.50. The highest BCUT2D eigenvalue weighted by atomic mass is 32.2. The number of ether oxygens (including phenoxy) is 1. The molecule has 20 heavy (non-hydrogen) atoms. The van der Waals surface area contributed by atoms with Crippen LogP contribution in [0.2, 0.25) is 0 Å². The van der Waals surface area contributed by atoms with E-state index in [4.69, 9.17) is 10.5 Å². The van der Waals surface area contributed by atoms with Gasteiger partial charge >= 0.3 is 0 Å². The predicted molar refractivity (Wildman–Crippen MR) is 81.2 cm³/mol. The van der Waals surface area contributed by atoms with Gasteiger partial charge in [0, 0.05) is 23.8 Å². The predicted octanol–water partition coefficient (Wildman–Crippen LogP) is 2.41. The lowest BCUT2D eigenvalue weighted by Gasteiger charge is -2.09. The van der Waals surface area contributed by atoms with E-state index < -0.39 is 10.8 Å². The molecular weight excluding hydrogens is 272 g/mol. The minimum atomic E-state index is -1.14. The second-order valence-corrected chi connectivity index (χ2v) is 5.83. The van der Waals surface area contributed by atoms with Crippen LogP contribution >= 0.6 is 0 Å². The molecule has 0 saturated heterocycles. The highest BCUT2D eigenvalue weighted by Gasteiger charge is 2.10. The number of nitrogens with two attached hydrogens (primary N) is 1. The van der Waals surface area contributed by atoms with Gasteiger partial charge in [-0.2, -0.15) is 0 Å². The average molecular weight is 290 g/mol. The Morgan fingerprint density at radius 3 is 2.90 bits per heavy atom.